The monoisotopic (exact) mass is 409 g/mol. The van der Waals surface area contributed by atoms with E-state index >= 15 is 0 Å². The van der Waals surface area contributed by atoms with Crippen molar-refractivity contribution in [3.63, 3.8) is 0 Å². The van der Waals surface area contributed by atoms with E-state index < -0.39 is 0 Å². The Hall–Kier alpha value is -2.53. The number of nitrogens with one attached hydrogen (secondary N) is 1. The molecule has 3 rings (SSSR count). The summed E-state index contributed by atoms with van der Waals surface area (Å²) in [6, 6.07) is 16.0. The van der Waals surface area contributed by atoms with Crippen molar-refractivity contribution < 1.29 is 9.90 Å². The van der Waals surface area contributed by atoms with Gasteiger partial charge < -0.3 is 15.3 Å². The fourth-order valence-electron chi connectivity index (χ4n) is 3.97. The molecule has 1 amide bonds. The van der Waals surface area contributed by atoms with Gasteiger partial charge in [-0.15, -0.1) is 0 Å². The highest BCUT2D eigenvalue weighted by atomic mass is 16.3. The minimum Gasteiger partial charge on any atom is -0.508 e. The van der Waals surface area contributed by atoms with Crippen LogP contribution in [0.15, 0.2) is 48.5 Å². The lowest BCUT2D eigenvalue weighted by atomic mass is 9.93. The lowest BCUT2D eigenvalue weighted by Gasteiger charge is -2.36. The number of carbonyl (C=O) groups is 1. The molecule has 30 heavy (non-hydrogen) atoms. The first-order valence-corrected chi connectivity index (χ1v) is 11.0. The Balaban J connectivity index is 1.53. The van der Waals surface area contributed by atoms with Crippen LogP contribution >= 0.6 is 0 Å². The quantitative estimate of drug-likeness (QED) is 0.721. The number of piperazine rings is 1. The zero-order valence-corrected chi connectivity index (χ0v) is 18.6. The summed E-state index contributed by atoms with van der Waals surface area (Å²) >= 11 is 0. The molecule has 1 heterocycles. The third-order valence-corrected chi connectivity index (χ3v) is 5.90. The third kappa shape index (κ3) is 5.76. The van der Waals surface area contributed by atoms with Crippen LogP contribution in [-0.2, 0) is 4.79 Å². The number of hydrogen-bond donors (Lipinski definition) is 2. The largest absolute Gasteiger partial charge is 0.508 e. The van der Waals surface area contributed by atoms with Crippen molar-refractivity contribution in [2.75, 3.05) is 37.6 Å². The molecule has 2 aromatic rings. The second-order valence-corrected chi connectivity index (χ2v) is 8.89. The standard InChI is InChI=1S/C25H35N3O2/c1-18(2)20-5-7-21(8-6-20)25(19(3)4)26-24(30)17-27-13-15-28(16-14-27)22-9-11-23(29)12-10-22/h5-12,18-19,25,29H,13-17H2,1-4H3,(H,26,30)/t25-/m1/s1. The van der Waals surface area contributed by atoms with Crippen molar-refractivity contribution in [2.45, 2.75) is 39.7 Å². The molecular formula is C25H35N3O2. The minimum atomic E-state index is 0.0250. The van der Waals surface area contributed by atoms with Crippen LogP contribution < -0.4 is 10.2 Å². The average Bonchev–Trinajstić information content (AvgIpc) is 2.73. The predicted molar refractivity (Wildman–Crippen MR) is 123 cm³/mol. The predicted octanol–water partition coefficient (Wildman–Crippen LogP) is 4.15. The Bertz CT molecular complexity index is 807. The number of nitrogens with zero attached hydrogens (tertiary/aromatic N) is 2. The highest BCUT2D eigenvalue weighted by Gasteiger charge is 2.22. The van der Waals surface area contributed by atoms with Crippen LogP contribution in [0.4, 0.5) is 5.69 Å². The van der Waals surface area contributed by atoms with Gasteiger partial charge >= 0.3 is 0 Å². The second-order valence-electron chi connectivity index (χ2n) is 8.89. The molecule has 5 heteroatoms. The van der Waals surface area contributed by atoms with Crippen LogP contribution in [0.25, 0.3) is 0 Å². The maximum Gasteiger partial charge on any atom is 0.234 e. The zero-order chi connectivity index (χ0) is 21.7. The molecule has 162 valence electrons. The van der Waals surface area contributed by atoms with Crippen molar-refractivity contribution in [2.24, 2.45) is 5.92 Å². The summed E-state index contributed by atoms with van der Waals surface area (Å²) in [6.07, 6.45) is 0. The molecule has 0 radical (unpaired) electrons. The Morgan fingerprint density at radius 3 is 2.00 bits per heavy atom. The summed E-state index contributed by atoms with van der Waals surface area (Å²) in [5, 5.41) is 12.7. The van der Waals surface area contributed by atoms with E-state index in [9.17, 15) is 9.90 Å². The summed E-state index contributed by atoms with van der Waals surface area (Å²) < 4.78 is 0. The van der Waals surface area contributed by atoms with Gasteiger partial charge in [0.05, 0.1) is 12.6 Å². The van der Waals surface area contributed by atoms with E-state index in [2.05, 4.69) is 67.1 Å². The van der Waals surface area contributed by atoms with Gasteiger partial charge in [-0.1, -0.05) is 52.0 Å². The molecule has 0 bridgehead atoms. The van der Waals surface area contributed by atoms with E-state index in [1.807, 2.05) is 12.1 Å². The van der Waals surface area contributed by atoms with Crippen molar-refractivity contribution in [3.8, 4) is 5.75 Å². The van der Waals surface area contributed by atoms with Gasteiger partial charge in [-0.3, -0.25) is 9.69 Å². The summed E-state index contributed by atoms with van der Waals surface area (Å²) in [6.45, 7) is 12.6. The van der Waals surface area contributed by atoms with Crippen LogP contribution in [0, 0.1) is 5.92 Å². The van der Waals surface area contributed by atoms with Crippen LogP contribution in [0.5, 0.6) is 5.75 Å². The fourth-order valence-corrected chi connectivity index (χ4v) is 3.97. The Kier molecular flexibility index (Phi) is 7.38. The normalized spacial score (nSPS) is 16.1. The first-order chi connectivity index (χ1) is 14.3. The SMILES string of the molecule is CC(C)c1ccc([C@H](NC(=O)CN2CCN(c3ccc(O)cc3)CC2)C(C)C)cc1. The van der Waals surface area contributed by atoms with Crippen LogP contribution in [0.1, 0.15) is 50.8 Å². The highest BCUT2D eigenvalue weighted by molar-refractivity contribution is 5.78. The Morgan fingerprint density at radius 2 is 1.47 bits per heavy atom. The topological polar surface area (TPSA) is 55.8 Å². The highest BCUT2D eigenvalue weighted by Crippen LogP contribution is 2.24. The van der Waals surface area contributed by atoms with E-state index in [1.54, 1.807) is 12.1 Å². The molecule has 0 aliphatic carbocycles. The molecule has 1 saturated heterocycles. The van der Waals surface area contributed by atoms with Crippen molar-refractivity contribution in [3.05, 3.63) is 59.7 Å². The van der Waals surface area contributed by atoms with Gasteiger partial charge in [0.1, 0.15) is 5.75 Å². The van der Waals surface area contributed by atoms with Gasteiger partial charge in [-0.05, 0) is 47.2 Å². The van der Waals surface area contributed by atoms with E-state index in [1.165, 1.54) is 11.1 Å². The van der Waals surface area contributed by atoms with E-state index in [4.69, 9.17) is 0 Å². The molecule has 1 fully saturated rings. The molecule has 1 aliphatic rings. The van der Waals surface area contributed by atoms with E-state index in [0.717, 1.165) is 31.9 Å². The van der Waals surface area contributed by atoms with E-state index in [0.29, 0.717) is 18.4 Å². The Labute approximate surface area is 180 Å². The zero-order valence-electron chi connectivity index (χ0n) is 18.6. The summed E-state index contributed by atoms with van der Waals surface area (Å²) in [7, 11) is 0. The molecule has 0 aromatic heterocycles. The van der Waals surface area contributed by atoms with Crippen molar-refractivity contribution in [1.82, 2.24) is 10.2 Å². The third-order valence-electron chi connectivity index (χ3n) is 5.90. The van der Waals surface area contributed by atoms with Gasteiger partial charge in [-0.2, -0.15) is 0 Å². The number of rotatable bonds is 7. The number of aromatic hydroxyl groups is 1. The van der Waals surface area contributed by atoms with Gasteiger partial charge in [0.15, 0.2) is 0 Å². The van der Waals surface area contributed by atoms with Gasteiger partial charge in [0.2, 0.25) is 5.91 Å². The molecule has 2 aromatic carbocycles. The lowest BCUT2D eigenvalue weighted by Crippen LogP contribution is -2.50. The van der Waals surface area contributed by atoms with Gasteiger partial charge in [0.25, 0.3) is 0 Å². The van der Waals surface area contributed by atoms with Crippen LogP contribution in [-0.4, -0.2) is 48.6 Å². The molecular weight excluding hydrogens is 374 g/mol. The Morgan fingerprint density at radius 1 is 0.900 bits per heavy atom. The molecule has 2 N–H and O–H groups in total. The molecule has 0 unspecified atom stereocenters. The van der Waals surface area contributed by atoms with Crippen molar-refractivity contribution >= 4 is 11.6 Å². The van der Waals surface area contributed by atoms with Crippen LogP contribution in [0.2, 0.25) is 0 Å². The summed E-state index contributed by atoms with van der Waals surface area (Å²) in [4.78, 5) is 17.3. The minimum absolute atomic E-state index is 0.0250. The molecule has 5 nitrogen and oxygen atoms in total. The number of benzene rings is 2. The molecule has 0 spiro atoms. The first-order valence-electron chi connectivity index (χ1n) is 11.0. The maximum atomic E-state index is 12.8. The van der Waals surface area contributed by atoms with Crippen molar-refractivity contribution in [1.29, 1.82) is 0 Å². The average molecular weight is 410 g/mol. The number of amides is 1. The number of phenolic OH excluding ortho intramolecular Hbond substituents is 1. The maximum absolute atomic E-state index is 12.8. The van der Waals surface area contributed by atoms with Crippen LogP contribution in [0.3, 0.4) is 0 Å². The van der Waals surface area contributed by atoms with Gasteiger partial charge in [0, 0.05) is 31.9 Å². The first kappa shape index (κ1) is 22.2. The number of carbonyl (C=O) groups excluding carboxylic acids is 1. The fraction of sp³-hybridized carbons (Fsp3) is 0.480. The van der Waals surface area contributed by atoms with Gasteiger partial charge in [-0.25, -0.2) is 0 Å². The molecule has 1 aliphatic heterocycles. The summed E-state index contributed by atoms with van der Waals surface area (Å²) in [5.41, 5.74) is 3.60. The number of anilines is 1. The smallest absolute Gasteiger partial charge is 0.234 e. The molecule has 0 saturated carbocycles. The van der Waals surface area contributed by atoms with E-state index in [-0.39, 0.29) is 17.7 Å². The molecule has 1 atom stereocenters. The second kappa shape index (κ2) is 9.98. The lowest BCUT2D eigenvalue weighted by molar-refractivity contribution is -0.123. The summed E-state index contributed by atoms with van der Waals surface area (Å²) in [5.74, 6) is 1.20. The number of hydrogen-bond acceptors (Lipinski definition) is 4. The number of phenols is 1.